The molecule has 2 N–H and O–H groups in total. The summed E-state index contributed by atoms with van der Waals surface area (Å²) in [5.41, 5.74) is 13.9. The van der Waals surface area contributed by atoms with E-state index in [9.17, 15) is 4.79 Å². The monoisotopic (exact) mass is 450 g/mol. The van der Waals surface area contributed by atoms with Crippen LogP contribution in [-0.2, 0) is 14.1 Å². The fraction of sp³-hybridized carbons (Fsp3) is 0.172. The van der Waals surface area contributed by atoms with Crippen LogP contribution >= 0.6 is 0 Å². The summed E-state index contributed by atoms with van der Waals surface area (Å²) >= 11 is 0. The summed E-state index contributed by atoms with van der Waals surface area (Å²) in [6.45, 7) is 4.13. The highest BCUT2D eigenvalue weighted by Crippen LogP contribution is 2.31. The van der Waals surface area contributed by atoms with Crippen LogP contribution in [0.2, 0.25) is 0 Å². The first-order valence-corrected chi connectivity index (χ1v) is 11.3. The van der Waals surface area contributed by atoms with Crippen molar-refractivity contribution in [2.24, 2.45) is 19.8 Å². The normalized spacial score (nSPS) is 11.7. The number of fused-ring (bicyclic) bond motifs is 1. The van der Waals surface area contributed by atoms with Gasteiger partial charge in [0.25, 0.3) is 5.56 Å². The van der Waals surface area contributed by atoms with Crippen molar-refractivity contribution in [2.75, 3.05) is 0 Å². The Morgan fingerprint density at radius 3 is 2.21 bits per heavy atom. The molecule has 0 bridgehead atoms. The van der Waals surface area contributed by atoms with Gasteiger partial charge in [-0.15, -0.1) is 0 Å². The average Bonchev–Trinajstić information content (AvgIpc) is 3.32. The third kappa shape index (κ3) is 5.00. The lowest BCUT2D eigenvalue weighted by Gasteiger charge is -2.16. The SMILES string of the molecule is Cc1ccc([C@@H](N)c2ccc3c(c2)c(-c2cccc(C)c2)cc(=O)n3C)cc1.Cn1ccnc1. The summed E-state index contributed by atoms with van der Waals surface area (Å²) in [5, 5.41) is 1.03. The molecule has 1 atom stereocenters. The van der Waals surface area contributed by atoms with Gasteiger partial charge in [-0.05, 0) is 48.2 Å². The fourth-order valence-electron chi connectivity index (χ4n) is 4.02. The smallest absolute Gasteiger partial charge is 0.251 e. The molecule has 0 saturated heterocycles. The molecular formula is C29H30N4O. The largest absolute Gasteiger partial charge is 0.341 e. The number of aromatic nitrogens is 3. The molecule has 0 radical (unpaired) electrons. The van der Waals surface area contributed by atoms with E-state index in [1.165, 1.54) is 11.1 Å². The maximum Gasteiger partial charge on any atom is 0.251 e. The van der Waals surface area contributed by atoms with Crippen LogP contribution in [0.3, 0.4) is 0 Å². The minimum atomic E-state index is -0.215. The van der Waals surface area contributed by atoms with Crippen molar-refractivity contribution in [3.05, 3.63) is 124 Å². The first-order chi connectivity index (χ1) is 16.3. The predicted molar refractivity (Wildman–Crippen MR) is 140 cm³/mol. The van der Waals surface area contributed by atoms with Crippen molar-refractivity contribution < 1.29 is 0 Å². The van der Waals surface area contributed by atoms with Crippen molar-refractivity contribution in [3.8, 4) is 11.1 Å². The van der Waals surface area contributed by atoms with Crippen molar-refractivity contribution in [2.45, 2.75) is 19.9 Å². The molecule has 0 unspecified atom stereocenters. The lowest BCUT2D eigenvalue weighted by molar-refractivity contribution is 0.868. The van der Waals surface area contributed by atoms with Gasteiger partial charge < -0.3 is 14.9 Å². The Morgan fingerprint density at radius 1 is 0.853 bits per heavy atom. The molecule has 5 rings (SSSR count). The van der Waals surface area contributed by atoms with Gasteiger partial charge in [0, 0.05) is 37.9 Å². The van der Waals surface area contributed by atoms with Gasteiger partial charge in [0.1, 0.15) is 0 Å². The van der Waals surface area contributed by atoms with E-state index in [0.717, 1.165) is 33.2 Å². The standard InChI is InChI=1S/C25H24N2O.C4H6N2/c1-16-7-9-18(10-8-16)25(26)20-11-12-23-22(14-20)21(15-24(28)27(23)3)19-6-4-5-17(2)13-19;1-6-3-2-5-4-6/h4-15,25H,26H2,1-3H3;2-4H,1H3/t25-;/m1./s1. The molecule has 0 fully saturated rings. The van der Waals surface area contributed by atoms with Crippen molar-refractivity contribution in [1.29, 1.82) is 0 Å². The third-order valence-electron chi connectivity index (χ3n) is 6.03. The summed E-state index contributed by atoms with van der Waals surface area (Å²) in [6, 6.07) is 24.2. The molecule has 5 aromatic rings. The quantitative estimate of drug-likeness (QED) is 0.406. The lowest BCUT2D eigenvalue weighted by Crippen LogP contribution is -2.17. The van der Waals surface area contributed by atoms with Gasteiger partial charge in [-0.1, -0.05) is 65.7 Å². The number of hydrogen-bond donors (Lipinski definition) is 1. The first kappa shape index (κ1) is 23.2. The van der Waals surface area contributed by atoms with Crippen LogP contribution in [0, 0.1) is 13.8 Å². The minimum absolute atomic E-state index is 0.0143. The van der Waals surface area contributed by atoms with Gasteiger partial charge >= 0.3 is 0 Å². The number of hydrogen-bond acceptors (Lipinski definition) is 3. The summed E-state index contributed by atoms with van der Waals surface area (Å²) in [4.78, 5) is 16.3. The van der Waals surface area contributed by atoms with E-state index in [1.807, 2.05) is 49.1 Å². The van der Waals surface area contributed by atoms with Crippen molar-refractivity contribution in [1.82, 2.24) is 14.1 Å². The van der Waals surface area contributed by atoms with E-state index < -0.39 is 0 Å². The van der Waals surface area contributed by atoms with Crippen LogP contribution in [0.4, 0.5) is 0 Å². The molecule has 5 heteroatoms. The maximum atomic E-state index is 12.5. The molecule has 0 saturated carbocycles. The Labute approximate surface area is 200 Å². The summed E-state index contributed by atoms with van der Waals surface area (Å²) in [7, 11) is 3.75. The third-order valence-corrected chi connectivity index (χ3v) is 6.03. The van der Waals surface area contributed by atoms with Gasteiger partial charge in [0.15, 0.2) is 0 Å². The van der Waals surface area contributed by atoms with E-state index in [1.54, 1.807) is 23.2 Å². The molecule has 2 heterocycles. The summed E-state index contributed by atoms with van der Waals surface area (Å²) < 4.78 is 3.58. The molecule has 5 nitrogen and oxygen atoms in total. The van der Waals surface area contributed by atoms with Gasteiger partial charge in [-0.25, -0.2) is 4.98 Å². The molecule has 0 amide bonds. The van der Waals surface area contributed by atoms with Crippen LogP contribution < -0.4 is 11.3 Å². The number of benzene rings is 3. The van der Waals surface area contributed by atoms with E-state index in [2.05, 4.69) is 61.3 Å². The first-order valence-electron chi connectivity index (χ1n) is 11.3. The van der Waals surface area contributed by atoms with Crippen molar-refractivity contribution >= 4 is 10.9 Å². The zero-order valence-electron chi connectivity index (χ0n) is 20.1. The second-order valence-corrected chi connectivity index (χ2v) is 8.72. The predicted octanol–water partition coefficient (Wildman–Crippen LogP) is 5.29. The van der Waals surface area contributed by atoms with Crippen LogP contribution in [0.25, 0.3) is 22.0 Å². The molecule has 3 aromatic carbocycles. The van der Waals surface area contributed by atoms with E-state index in [-0.39, 0.29) is 11.6 Å². The number of nitrogens with two attached hydrogens (primary N) is 1. The molecule has 0 spiro atoms. The van der Waals surface area contributed by atoms with Gasteiger partial charge in [0.2, 0.25) is 0 Å². The molecule has 0 aliphatic heterocycles. The number of pyridine rings is 1. The van der Waals surface area contributed by atoms with E-state index in [4.69, 9.17) is 5.73 Å². The molecular weight excluding hydrogens is 420 g/mol. The van der Waals surface area contributed by atoms with Crippen molar-refractivity contribution in [3.63, 3.8) is 0 Å². The van der Waals surface area contributed by atoms with E-state index >= 15 is 0 Å². The number of rotatable bonds is 3. The Hall–Kier alpha value is -3.96. The van der Waals surface area contributed by atoms with Gasteiger partial charge in [-0.3, -0.25) is 4.79 Å². The Morgan fingerprint density at radius 2 is 1.59 bits per heavy atom. The summed E-state index contributed by atoms with van der Waals surface area (Å²) in [6.07, 6.45) is 5.39. The number of imidazole rings is 1. The zero-order chi connectivity index (χ0) is 24.2. The van der Waals surface area contributed by atoms with Crippen LogP contribution in [0.1, 0.15) is 28.3 Å². The fourth-order valence-corrected chi connectivity index (χ4v) is 4.02. The molecule has 172 valence electrons. The highest BCUT2D eigenvalue weighted by atomic mass is 16.1. The Balaban J connectivity index is 0.000000398. The second-order valence-electron chi connectivity index (χ2n) is 8.72. The van der Waals surface area contributed by atoms with Gasteiger partial charge in [-0.2, -0.15) is 0 Å². The highest BCUT2D eigenvalue weighted by Gasteiger charge is 2.14. The highest BCUT2D eigenvalue weighted by molar-refractivity contribution is 5.95. The molecule has 0 aliphatic rings. The second kappa shape index (κ2) is 9.89. The van der Waals surface area contributed by atoms with E-state index in [0.29, 0.717) is 0 Å². The maximum absolute atomic E-state index is 12.5. The Bertz CT molecular complexity index is 1470. The lowest BCUT2D eigenvalue weighted by atomic mass is 9.94. The minimum Gasteiger partial charge on any atom is -0.341 e. The molecule has 2 aromatic heterocycles. The average molecular weight is 451 g/mol. The Kier molecular flexibility index (Phi) is 6.75. The van der Waals surface area contributed by atoms with Crippen LogP contribution in [0.15, 0.2) is 96.3 Å². The van der Waals surface area contributed by atoms with Gasteiger partial charge in [0.05, 0.1) is 17.9 Å². The molecule has 34 heavy (non-hydrogen) atoms. The zero-order valence-corrected chi connectivity index (χ0v) is 20.1. The van der Waals surface area contributed by atoms with Crippen LogP contribution in [-0.4, -0.2) is 14.1 Å². The number of aryl methyl sites for hydroxylation is 4. The topological polar surface area (TPSA) is 65.8 Å². The summed E-state index contributed by atoms with van der Waals surface area (Å²) in [5.74, 6) is 0. The molecule has 0 aliphatic carbocycles. The van der Waals surface area contributed by atoms with Crippen LogP contribution in [0.5, 0.6) is 0 Å². The number of nitrogens with zero attached hydrogens (tertiary/aromatic N) is 3.